The highest BCUT2D eigenvalue weighted by Gasteiger charge is 2.17. The van der Waals surface area contributed by atoms with Crippen LogP contribution >= 0.6 is 0 Å². The third kappa shape index (κ3) is 4.21. The predicted octanol–water partition coefficient (Wildman–Crippen LogP) is 8.53. The van der Waals surface area contributed by atoms with Crippen molar-refractivity contribution < 1.29 is 0 Å². The van der Waals surface area contributed by atoms with E-state index in [1.807, 2.05) is 0 Å². The van der Waals surface area contributed by atoms with Crippen molar-refractivity contribution in [1.29, 1.82) is 0 Å². The molecule has 0 saturated carbocycles. The maximum absolute atomic E-state index is 2.36. The summed E-state index contributed by atoms with van der Waals surface area (Å²) < 4.78 is 0. The van der Waals surface area contributed by atoms with Gasteiger partial charge >= 0.3 is 0 Å². The number of hydrogen-bond donors (Lipinski definition) is 0. The summed E-state index contributed by atoms with van der Waals surface area (Å²) in [5, 5.41) is 0. The van der Waals surface area contributed by atoms with Crippen LogP contribution in [0.3, 0.4) is 0 Å². The van der Waals surface area contributed by atoms with Crippen molar-refractivity contribution in [3.05, 3.63) is 139 Å². The van der Waals surface area contributed by atoms with Crippen LogP contribution in [-0.2, 0) is 0 Å². The van der Waals surface area contributed by atoms with Gasteiger partial charge in [0.05, 0.1) is 0 Å². The van der Waals surface area contributed by atoms with Crippen LogP contribution in [0.25, 0.3) is 0 Å². The Morgan fingerprint density at radius 2 is 0.844 bits per heavy atom. The summed E-state index contributed by atoms with van der Waals surface area (Å²) in [7, 11) is 0. The summed E-state index contributed by atoms with van der Waals surface area (Å²) >= 11 is 0. The standard InChI is InChI=1S/C30H26N2/c1-5-13-25(14-6-1)31(26-15-7-2-8-16-26)29-21-23-30(24-22-29)32(27-17-9-3-10-18-27)28-19-11-4-12-20-28/h1-11,13-19,21-24H,12,20H2. The van der Waals surface area contributed by atoms with E-state index in [9.17, 15) is 0 Å². The van der Waals surface area contributed by atoms with Gasteiger partial charge in [-0.15, -0.1) is 0 Å². The Balaban J connectivity index is 1.55. The molecule has 0 amide bonds. The van der Waals surface area contributed by atoms with E-state index < -0.39 is 0 Å². The molecule has 0 spiro atoms. The van der Waals surface area contributed by atoms with E-state index in [-0.39, 0.29) is 0 Å². The van der Waals surface area contributed by atoms with E-state index in [2.05, 4.69) is 143 Å². The SMILES string of the molecule is C1=CCCC(N(c2ccccc2)c2ccc(N(c3ccccc3)c3ccccc3)cc2)=C1. The van der Waals surface area contributed by atoms with Gasteiger partial charge in [-0.2, -0.15) is 0 Å². The second-order valence-electron chi connectivity index (χ2n) is 7.82. The molecule has 0 bridgehead atoms. The Labute approximate surface area is 190 Å². The van der Waals surface area contributed by atoms with Crippen molar-refractivity contribution in [2.45, 2.75) is 12.8 Å². The largest absolute Gasteiger partial charge is 0.314 e. The van der Waals surface area contributed by atoms with Crippen LogP contribution in [0.15, 0.2) is 139 Å². The lowest BCUT2D eigenvalue weighted by atomic mass is 10.1. The lowest BCUT2D eigenvalue weighted by molar-refractivity contribution is 0.917. The normalized spacial score (nSPS) is 12.8. The van der Waals surface area contributed by atoms with Gasteiger partial charge in [0.15, 0.2) is 0 Å². The molecule has 32 heavy (non-hydrogen) atoms. The molecule has 0 aromatic heterocycles. The first-order valence-electron chi connectivity index (χ1n) is 11.1. The molecule has 0 atom stereocenters. The van der Waals surface area contributed by atoms with Crippen molar-refractivity contribution in [3.8, 4) is 0 Å². The van der Waals surface area contributed by atoms with Crippen molar-refractivity contribution in [2.24, 2.45) is 0 Å². The first-order chi connectivity index (χ1) is 15.9. The third-order valence-corrected chi connectivity index (χ3v) is 5.69. The van der Waals surface area contributed by atoms with E-state index in [1.165, 1.54) is 17.1 Å². The van der Waals surface area contributed by atoms with Crippen LogP contribution in [0.5, 0.6) is 0 Å². The van der Waals surface area contributed by atoms with Crippen LogP contribution in [0.2, 0.25) is 0 Å². The smallest absolute Gasteiger partial charge is 0.0463 e. The number of benzene rings is 4. The minimum absolute atomic E-state index is 1.04. The number of para-hydroxylation sites is 3. The Morgan fingerprint density at radius 1 is 0.438 bits per heavy atom. The first-order valence-corrected chi connectivity index (χ1v) is 11.1. The van der Waals surface area contributed by atoms with E-state index >= 15 is 0 Å². The fraction of sp³-hybridized carbons (Fsp3) is 0.0667. The third-order valence-electron chi connectivity index (χ3n) is 5.69. The van der Waals surface area contributed by atoms with Crippen molar-refractivity contribution >= 4 is 28.4 Å². The molecule has 0 radical (unpaired) electrons. The van der Waals surface area contributed by atoms with Gasteiger partial charge in [0, 0.05) is 34.1 Å². The molecule has 0 N–H and O–H groups in total. The molecule has 4 aromatic rings. The average molecular weight is 415 g/mol. The summed E-state index contributed by atoms with van der Waals surface area (Å²) in [5.74, 6) is 0. The Bertz CT molecular complexity index is 1150. The van der Waals surface area contributed by atoms with Gasteiger partial charge in [0.1, 0.15) is 0 Å². The van der Waals surface area contributed by atoms with E-state index in [1.54, 1.807) is 0 Å². The van der Waals surface area contributed by atoms with Crippen molar-refractivity contribution in [3.63, 3.8) is 0 Å². The minimum atomic E-state index is 1.04. The van der Waals surface area contributed by atoms with Crippen LogP contribution in [0.1, 0.15) is 12.8 Å². The lowest BCUT2D eigenvalue weighted by Crippen LogP contribution is -2.17. The van der Waals surface area contributed by atoms with Gasteiger partial charge in [0.25, 0.3) is 0 Å². The number of nitrogens with zero attached hydrogens (tertiary/aromatic N) is 2. The number of hydrogen-bond acceptors (Lipinski definition) is 2. The Hall–Kier alpha value is -4.04. The summed E-state index contributed by atoms with van der Waals surface area (Å²) in [5.41, 5.74) is 7.09. The topological polar surface area (TPSA) is 6.48 Å². The molecule has 0 heterocycles. The highest BCUT2D eigenvalue weighted by Crippen LogP contribution is 2.37. The zero-order chi connectivity index (χ0) is 21.6. The highest BCUT2D eigenvalue weighted by molar-refractivity contribution is 5.78. The molecule has 0 fully saturated rings. The molecule has 1 aliphatic rings. The summed E-state index contributed by atoms with van der Waals surface area (Å²) in [4.78, 5) is 4.65. The first kappa shape index (κ1) is 19.9. The minimum Gasteiger partial charge on any atom is -0.314 e. The zero-order valence-electron chi connectivity index (χ0n) is 18.0. The predicted molar refractivity (Wildman–Crippen MR) is 136 cm³/mol. The van der Waals surface area contributed by atoms with Crippen molar-refractivity contribution in [2.75, 3.05) is 9.80 Å². The molecule has 1 aliphatic carbocycles. The molecular formula is C30H26N2. The molecule has 4 aromatic carbocycles. The van der Waals surface area contributed by atoms with Gasteiger partial charge in [-0.1, -0.05) is 66.7 Å². The fourth-order valence-electron chi connectivity index (χ4n) is 4.19. The maximum atomic E-state index is 2.36. The van der Waals surface area contributed by atoms with Crippen molar-refractivity contribution in [1.82, 2.24) is 0 Å². The average Bonchev–Trinajstić information content (AvgIpc) is 2.88. The summed E-state index contributed by atoms with van der Waals surface area (Å²) in [6.07, 6.45) is 8.73. The molecular weight excluding hydrogens is 388 g/mol. The van der Waals surface area contributed by atoms with E-state index in [0.717, 1.165) is 29.9 Å². The maximum Gasteiger partial charge on any atom is 0.0463 e. The monoisotopic (exact) mass is 414 g/mol. The quantitative estimate of drug-likeness (QED) is 0.312. The zero-order valence-corrected chi connectivity index (χ0v) is 18.0. The second kappa shape index (κ2) is 9.40. The van der Waals surface area contributed by atoms with E-state index in [0.29, 0.717) is 0 Å². The molecule has 0 aliphatic heterocycles. The number of rotatable bonds is 6. The Kier molecular flexibility index (Phi) is 5.85. The number of allylic oxidation sites excluding steroid dienone is 4. The van der Waals surface area contributed by atoms with Crippen LogP contribution in [0, 0.1) is 0 Å². The van der Waals surface area contributed by atoms with Crippen LogP contribution in [0.4, 0.5) is 28.4 Å². The lowest BCUT2D eigenvalue weighted by Gasteiger charge is -2.30. The molecule has 0 saturated heterocycles. The van der Waals surface area contributed by atoms with Gasteiger partial charge in [0.2, 0.25) is 0 Å². The molecule has 156 valence electrons. The molecule has 5 rings (SSSR count). The molecule has 2 heteroatoms. The highest BCUT2D eigenvalue weighted by atomic mass is 15.2. The summed E-state index contributed by atoms with van der Waals surface area (Å²) in [6, 6.07) is 40.5. The number of anilines is 5. The van der Waals surface area contributed by atoms with Gasteiger partial charge < -0.3 is 9.80 Å². The van der Waals surface area contributed by atoms with Gasteiger partial charge in [-0.05, 0) is 79.6 Å². The Morgan fingerprint density at radius 3 is 1.28 bits per heavy atom. The van der Waals surface area contributed by atoms with Gasteiger partial charge in [-0.3, -0.25) is 0 Å². The van der Waals surface area contributed by atoms with E-state index in [4.69, 9.17) is 0 Å². The second-order valence-corrected chi connectivity index (χ2v) is 7.82. The molecule has 0 unspecified atom stereocenters. The van der Waals surface area contributed by atoms with Crippen LogP contribution < -0.4 is 9.80 Å². The summed E-state index contributed by atoms with van der Waals surface area (Å²) in [6.45, 7) is 0. The molecule has 2 nitrogen and oxygen atoms in total. The van der Waals surface area contributed by atoms with Crippen LogP contribution in [-0.4, -0.2) is 0 Å². The van der Waals surface area contributed by atoms with Gasteiger partial charge in [-0.25, -0.2) is 0 Å². The fourth-order valence-corrected chi connectivity index (χ4v) is 4.19.